The molecule has 1 aromatic heterocycles. The van der Waals surface area contributed by atoms with Crippen LogP contribution in [0, 0.1) is 12.3 Å². The summed E-state index contributed by atoms with van der Waals surface area (Å²) in [6.45, 7) is 0.858. The summed E-state index contributed by atoms with van der Waals surface area (Å²) in [5.41, 5.74) is 2.13. The quantitative estimate of drug-likeness (QED) is 0.533. The molecule has 0 aliphatic rings. The Morgan fingerprint density at radius 3 is 2.66 bits per heavy atom. The Labute approximate surface area is 171 Å². The number of hydrogen-bond acceptors (Lipinski definition) is 4. The maximum absolute atomic E-state index is 12.0. The molecule has 0 radical (unpaired) electrons. The summed E-state index contributed by atoms with van der Waals surface area (Å²) in [5, 5.41) is 2.95. The van der Waals surface area contributed by atoms with Crippen LogP contribution in [0.25, 0.3) is 11.3 Å². The summed E-state index contributed by atoms with van der Waals surface area (Å²) in [4.78, 5) is 16.3. The zero-order valence-electron chi connectivity index (χ0n) is 16.3. The molecule has 29 heavy (non-hydrogen) atoms. The summed E-state index contributed by atoms with van der Waals surface area (Å²) in [6, 6.07) is 17.6. The molecular formula is C24H24N2O3. The molecule has 3 rings (SSSR count). The van der Waals surface area contributed by atoms with Gasteiger partial charge in [-0.3, -0.25) is 4.79 Å². The minimum atomic E-state index is 0.0359. The van der Waals surface area contributed by atoms with E-state index < -0.39 is 0 Å². The monoisotopic (exact) mass is 388 g/mol. The Balaban J connectivity index is 1.33. The van der Waals surface area contributed by atoms with E-state index in [-0.39, 0.29) is 12.5 Å². The molecule has 2 aromatic carbocycles. The number of carbonyl (C=O) groups is 1. The van der Waals surface area contributed by atoms with Crippen molar-refractivity contribution in [1.82, 2.24) is 10.3 Å². The number of oxazole rings is 1. The van der Waals surface area contributed by atoms with E-state index in [1.54, 1.807) is 6.20 Å². The topological polar surface area (TPSA) is 64.4 Å². The first kappa shape index (κ1) is 20.2. The molecule has 0 unspecified atom stereocenters. The lowest BCUT2D eigenvalue weighted by Crippen LogP contribution is -2.25. The molecule has 1 heterocycles. The van der Waals surface area contributed by atoms with Gasteiger partial charge in [-0.05, 0) is 30.5 Å². The average molecular weight is 388 g/mol. The largest absolute Gasteiger partial charge is 0.481 e. The number of aromatic nitrogens is 1. The van der Waals surface area contributed by atoms with Crippen LogP contribution >= 0.6 is 0 Å². The third kappa shape index (κ3) is 6.54. The van der Waals surface area contributed by atoms with Crippen molar-refractivity contribution in [2.24, 2.45) is 0 Å². The van der Waals surface area contributed by atoms with E-state index in [0.717, 1.165) is 29.1 Å². The Kier molecular flexibility index (Phi) is 7.48. The van der Waals surface area contributed by atoms with Crippen molar-refractivity contribution in [2.45, 2.75) is 25.7 Å². The maximum atomic E-state index is 12.0. The molecule has 0 spiro atoms. The molecule has 1 N–H and O–H groups in total. The number of nitrogens with one attached hydrogen (secondary N) is 1. The molecule has 0 aliphatic carbocycles. The van der Waals surface area contributed by atoms with Crippen molar-refractivity contribution in [2.75, 3.05) is 13.2 Å². The molecule has 0 aliphatic heterocycles. The smallest absolute Gasteiger partial charge is 0.220 e. The standard InChI is InChI=1S/C24H24N2O3/c1-2-17-28-21-13-11-19(12-14-21)15-16-25-23(27)9-6-10-24-26-18-22(29-24)20-7-4-3-5-8-20/h1,3-5,7-8,11-14,18H,6,9-10,15-17H2,(H,25,27). The fraction of sp³-hybridized carbons (Fsp3) is 0.250. The van der Waals surface area contributed by atoms with E-state index in [1.165, 1.54) is 0 Å². The lowest BCUT2D eigenvalue weighted by atomic mass is 10.1. The Bertz CT molecular complexity index is 940. The number of aryl methyl sites for hydroxylation is 1. The first-order chi connectivity index (χ1) is 14.2. The number of benzene rings is 2. The molecular weight excluding hydrogens is 364 g/mol. The second-order valence-electron chi connectivity index (χ2n) is 6.57. The van der Waals surface area contributed by atoms with Crippen LogP contribution in [0.3, 0.4) is 0 Å². The van der Waals surface area contributed by atoms with Gasteiger partial charge in [0.15, 0.2) is 11.7 Å². The van der Waals surface area contributed by atoms with Gasteiger partial charge in [0.1, 0.15) is 12.4 Å². The molecule has 0 bridgehead atoms. The number of amides is 1. The van der Waals surface area contributed by atoms with Crippen molar-refractivity contribution in [1.29, 1.82) is 0 Å². The van der Waals surface area contributed by atoms with Gasteiger partial charge >= 0.3 is 0 Å². The van der Waals surface area contributed by atoms with Gasteiger partial charge in [-0.15, -0.1) is 6.42 Å². The van der Waals surface area contributed by atoms with Crippen molar-refractivity contribution in [3.05, 3.63) is 72.2 Å². The molecule has 0 saturated heterocycles. The van der Waals surface area contributed by atoms with Crippen LogP contribution in [-0.4, -0.2) is 24.0 Å². The zero-order chi connectivity index (χ0) is 20.3. The second kappa shape index (κ2) is 10.7. The number of ether oxygens (including phenoxy) is 1. The van der Waals surface area contributed by atoms with Gasteiger partial charge in [-0.2, -0.15) is 0 Å². The molecule has 148 valence electrons. The van der Waals surface area contributed by atoms with Crippen LogP contribution < -0.4 is 10.1 Å². The highest BCUT2D eigenvalue weighted by Gasteiger charge is 2.07. The molecule has 0 fully saturated rings. The molecule has 1 amide bonds. The molecule has 5 heteroatoms. The Morgan fingerprint density at radius 2 is 1.90 bits per heavy atom. The fourth-order valence-electron chi connectivity index (χ4n) is 2.87. The van der Waals surface area contributed by atoms with Gasteiger partial charge in [0.05, 0.1) is 6.20 Å². The predicted octanol–water partition coefficient (Wildman–Crippen LogP) is 4.04. The highest BCUT2D eigenvalue weighted by Crippen LogP contribution is 2.20. The first-order valence-corrected chi connectivity index (χ1v) is 9.66. The van der Waals surface area contributed by atoms with Crippen molar-refractivity contribution in [3.8, 4) is 29.4 Å². The minimum Gasteiger partial charge on any atom is -0.481 e. The lowest BCUT2D eigenvalue weighted by molar-refractivity contribution is -0.121. The van der Waals surface area contributed by atoms with Crippen molar-refractivity contribution >= 4 is 5.91 Å². The normalized spacial score (nSPS) is 10.3. The molecule has 0 atom stereocenters. The molecule has 5 nitrogen and oxygen atoms in total. The van der Waals surface area contributed by atoms with Crippen LogP contribution in [0.1, 0.15) is 24.3 Å². The van der Waals surface area contributed by atoms with Crippen molar-refractivity contribution < 1.29 is 13.9 Å². The second-order valence-corrected chi connectivity index (χ2v) is 6.57. The number of terminal acetylenes is 1. The van der Waals surface area contributed by atoms with Gasteiger partial charge < -0.3 is 14.5 Å². The number of carbonyl (C=O) groups excluding carboxylic acids is 1. The highest BCUT2D eigenvalue weighted by atomic mass is 16.5. The van der Waals surface area contributed by atoms with Gasteiger partial charge in [-0.1, -0.05) is 48.4 Å². The van der Waals surface area contributed by atoms with E-state index in [9.17, 15) is 4.79 Å². The van der Waals surface area contributed by atoms with Crippen LogP contribution in [0.4, 0.5) is 0 Å². The highest BCUT2D eigenvalue weighted by molar-refractivity contribution is 5.75. The number of hydrogen-bond donors (Lipinski definition) is 1. The van der Waals surface area contributed by atoms with E-state index in [4.69, 9.17) is 15.6 Å². The van der Waals surface area contributed by atoms with Gasteiger partial charge in [0.25, 0.3) is 0 Å². The van der Waals surface area contributed by atoms with E-state index in [0.29, 0.717) is 31.7 Å². The summed E-state index contributed by atoms with van der Waals surface area (Å²) < 4.78 is 11.1. The van der Waals surface area contributed by atoms with Crippen molar-refractivity contribution in [3.63, 3.8) is 0 Å². The summed E-state index contributed by atoms with van der Waals surface area (Å²) in [7, 11) is 0. The number of rotatable bonds is 10. The van der Waals surface area contributed by atoms with Gasteiger partial charge in [0.2, 0.25) is 5.91 Å². The van der Waals surface area contributed by atoms with E-state index >= 15 is 0 Å². The van der Waals surface area contributed by atoms with Gasteiger partial charge in [-0.25, -0.2) is 4.98 Å². The molecule has 0 saturated carbocycles. The van der Waals surface area contributed by atoms with E-state index in [2.05, 4.69) is 16.2 Å². The average Bonchev–Trinajstić information content (AvgIpc) is 3.23. The van der Waals surface area contributed by atoms with E-state index in [1.807, 2.05) is 54.6 Å². The first-order valence-electron chi connectivity index (χ1n) is 9.66. The SMILES string of the molecule is C#CCOc1ccc(CCNC(=O)CCCc2ncc(-c3ccccc3)o2)cc1. The summed E-state index contributed by atoms with van der Waals surface area (Å²) >= 11 is 0. The van der Waals surface area contributed by atoms with Gasteiger partial charge in [0, 0.05) is 24.9 Å². The zero-order valence-corrected chi connectivity index (χ0v) is 16.3. The van der Waals surface area contributed by atoms with Crippen LogP contribution in [-0.2, 0) is 17.6 Å². The predicted molar refractivity (Wildman–Crippen MR) is 112 cm³/mol. The van der Waals surface area contributed by atoms with Crippen LogP contribution in [0.5, 0.6) is 5.75 Å². The third-order valence-corrected chi connectivity index (χ3v) is 4.39. The molecule has 3 aromatic rings. The number of nitrogens with zero attached hydrogens (tertiary/aromatic N) is 1. The third-order valence-electron chi connectivity index (χ3n) is 4.39. The Hall–Kier alpha value is -3.52. The lowest BCUT2D eigenvalue weighted by Gasteiger charge is -2.06. The fourth-order valence-corrected chi connectivity index (χ4v) is 2.87. The van der Waals surface area contributed by atoms with Crippen LogP contribution in [0.15, 0.2) is 65.2 Å². The minimum absolute atomic E-state index is 0.0359. The summed E-state index contributed by atoms with van der Waals surface area (Å²) in [5.74, 6) is 4.62. The summed E-state index contributed by atoms with van der Waals surface area (Å²) in [6.07, 6.45) is 9.45. The van der Waals surface area contributed by atoms with Crippen LogP contribution in [0.2, 0.25) is 0 Å². The Morgan fingerprint density at radius 1 is 1.10 bits per heavy atom. The maximum Gasteiger partial charge on any atom is 0.220 e.